The molecule has 2 atom stereocenters. The van der Waals surface area contributed by atoms with Crippen LogP contribution >= 0.6 is 0 Å². The third kappa shape index (κ3) is 2.59. The van der Waals surface area contributed by atoms with E-state index in [1.54, 1.807) is 12.1 Å². The van der Waals surface area contributed by atoms with Crippen LogP contribution in [0.4, 0.5) is 0 Å². The van der Waals surface area contributed by atoms with Gasteiger partial charge in [-0.25, -0.2) is 9.78 Å². The number of aromatic nitrogens is 1. The Balaban J connectivity index is 2.33. The second-order valence-electron chi connectivity index (χ2n) is 4.96. The number of piperidine rings is 1. The van der Waals surface area contributed by atoms with Crippen LogP contribution in [0.25, 0.3) is 0 Å². The lowest BCUT2D eigenvalue weighted by atomic mass is 9.90. The highest BCUT2D eigenvalue weighted by Crippen LogP contribution is 2.27. The Labute approximate surface area is 117 Å². The average Bonchev–Trinajstić information content (AvgIpc) is 2.45. The number of carboxylic acids is 1. The maximum atomic E-state index is 12.6. The number of ether oxygens (including phenoxy) is 1. The topological polar surface area (TPSA) is 79.7 Å². The van der Waals surface area contributed by atoms with Gasteiger partial charge in [0.2, 0.25) is 5.88 Å². The summed E-state index contributed by atoms with van der Waals surface area (Å²) in [6.07, 6.45) is 3.15. The molecule has 1 saturated heterocycles. The average molecular weight is 278 g/mol. The molecule has 1 N–H and O–H groups in total. The Morgan fingerprint density at radius 3 is 2.90 bits per heavy atom. The Morgan fingerprint density at radius 1 is 1.50 bits per heavy atom. The molecule has 1 aromatic rings. The number of likely N-dealkylation sites (tertiary alicyclic amines) is 1. The van der Waals surface area contributed by atoms with Gasteiger partial charge in [-0.1, -0.05) is 6.92 Å². The van der Waals surface area contributed by atoms with Crippen molar-refractivity contribution in [3.8, 4) is 5.88 Å². The van der Waals surface area contributed by atoms with E-state index in [1.807, 2.05) is 6.92 Å². The van der Waals surface area contributed by atoms with Gasteiger partial charge in [-0.2, -0.15) is 0 Å². The smallest absolute Gasteiger partial charge is 0.326 e. The molecule has 1 aromatic heterocycles. The third-order valence-corrected chi connectivity index (χ3v) is 3.64. The molecule has 1 aliphatic heterocycles. The molecule has 6 nitrogen and oxygen atoms in total. The molecule has 2 unspecified atom stereocenters. The largest absolute Gasteiger partial charge is 0.480 e. The van der Waals surface area contributed by atoms with Crippen molar-refractivity contribution in [2.45, 2.75) is 25.8 Å². The molecule has 0 bridgehead atoms. The van der Waals surface area contributed by atoms with Gasteiger partial charge in [0.05, 0.1) is 7.11 Å². The van der Waals surface area contributed by atoms with Crippen molar-refractivity contribution in [2.24, 2.45) is 5.92 Å². The molecular weight excluding hydrogens is 260 g/mol. The number of rotatable bonds is 3. The second-order valence-corrected chi connectivity index (χ2v) is 4.96. The van der Waals surface area contributed by atoms with Gasteiger partial charge < -0.3 is 14.7 Å². The van der Waals surface area contributed by atoms with Crippen LogP contribution in [0.1, 0.15) is 30.1 Å². The first-order valence-electron chi connectivity index (χ1n) is 6.59. The first-order valence-corrected chi connectivity index (χ1v) is 6.59. The molecule has 1 aliphatic rings. The standard InChI is InChI=1S/C14H18N2O4/c1-9-5-4-8-16(11(9)14(18)19)13(17)10-6-3-7-15-12(10)20-2/h3,6-7,9,11H,4-5,8H2,1-2H3,(H,18,19). The molecule has 0 spiro atoms. The summed E-state index contributed by atoms with van der Waals surface area (Å²) in [4.78, 5) is 29.4. The van der Waals surface area contributed by atoms with Crippen molar-refractivity contribution in [3.05, 3.63) is 23.9 Å². The summed E-state index contributed by atoms with van der Waals surface area (Å²) in [5, 5.41) is 9.36. The molecule has 0 aliphatic carbocycles. The van der Waals surface area contributed by atoms with E-state index in [9.17, 15) is 14.7 Å². The van der Waals surface area contributed by atoms with Crippen LogP contribution in [0.2, 0.25) is 0 Å². The number of hydrogen-bond donors (Lipinski definition) is 1. The Bertz CT molecular complexity index is 518. The molecule has 20 heavy (non-hydrogen) atoms. The number of carbonyl (C=O) groups is 2. The van der Waals surface area contributed by atoms with Gasteiger partial charge in [-0.15, -0.1) is 0 Å². The van der Waals surface area contributed by atoms with Crippen molar-refractivity contribution in [1.82, 2.24) is 9.88 Å². The highest BCUT2D eigenvalue weighted by molar-refractivity contribution is 5.98. The Kier molecular flexibility index (Phi) is 4.22. The summed E-state index contributed by atoms with van der Waals surface area (Å²) >= 11 is 0. The number of nitrogens with zero attached hydrogens (tertiary/aromatic N) is 2. The van der Waals surface area contributed by atoms with Crippen LogP contribution in [0, 0.1) is 5.92 Å². The van der Waals surface area contributed by atoms with E-state index in [2.05, 4.69) is 4.98 Å². The summed E-state index contributed by atoms with van der Waals surface area (Å²) in [5.41, 5.74) is 0.301. The molecule has 1 fully saturated rings. The summed E-state index contributed by atoms with van der Waals surface area (Å²) < 4.78 is 5.07. The predicted octanol–water partition coefficient (Wildman–Crippen LogP) is 1.42. The molecular formula is C14H18N2O4. The van der Waals surface area contributed by atoms with E-state index < -0.39 is 12.0 Å². The minimum atomic E-state index is -0.964. The second kappa shape index (κ2) is 5.90. The lowest BCUT2D eigenvalue weighted by Gasteiger charge is -2.37. The Hall–Kier alpha value is -2.11. The number of pyridine rings is 1. The fourth-order valence-electron chi connectivity index (χ4n) is 2.66. The normalized spacial score (nSPS) is 22.4. The van der Waals surface area contributed by atoms with Crippen LogP contribution < -0.4 is 4.74 Å². The van der Waals surface area contributed by atoms with Crippen molar-refractivity contribution in [1.29, 1.82) is 0 Å². The fraction of sp³-hybridized carbons (Fsp3) is 0.500. The van der Waals surface area contributed by atoms with Crippen LogP contribution in [0.5, 0.6) is 5.88 Å². The molecule has 2 rings (SSSR count). The summed E-state index contributed by atoms with van der Waals surface area (Å²) in [6.45, 7) is 2.30. The summed E-state index contributed by atoms with van der Waals surface area (Å²) in [7, 11) is 1.44. The number of carboxylic acid groups (broad SMARTS) is 1. The zero-order chi connectivity index (χ0) is 14.7. The third-order valence-electron chi connectivity index (χ3n) is 3.64. The lowest BCUT2D eigenvalue weighted by molar-refractivity contribution is -0.145. The van der Waals surface area contributed by atoms with Crippen LogP contribution in [-0.4, -0.2) is 46.6 Å². The molecule has 1 amide bonds. The minimum Gasteiger partial charge on any atom is -0.480 e. The first-order chi connectivity index (χ1) is 9.56. The van der Waals surface area contributed by atoms with Gasteiger partial charge in [-0.05, 0) is 30.9 Å². The van der Waals surface area contributed by atoms with E-state index in [1.165, 1.54) is 18.2 Å². The van der Waals surface area contributed by atoms with E-state index in [-0.39, 0.29) is 17.7 Å². The molecule has 2 heterocycles. The highest BCUT2D eigenvalue weighted by Gasteiger charge is 2.38. The molecule has 108 valence electrons. The number of aliphatic carboxylic acids is 1. The minimum absolute atomic E-state index is 0.0622. The zero-order valence-electron chi connectivity index (χ0n) is 11.6. The van der Waals surface area contributed by atoms with E-state index >= 15 is 0 Å². The van der Waals surface area contributed by atoms with Crippen molar-refractivity contribution >= 4 is 11.9 Å². The zero-order valence-corrected chi connectivity index (χ0v) is 11.6. The van der Waals surface area contributed by atoms with Gasteiger partial charge in [0.15, 0.2) is 0 Å². The summed E-state index contributed by atoms with van der Waals surface area (Å²) in [6, 6.07) is 2.45. The van der Waals surface area contributed by atoms with Crippen LogP contribution in [-0.2, 0) is 4.79 Å². The number of amides is 1. The highest BCUT2D eigenvalue weighted by atomic mass is 16.5. The van der Waals surface area contributed by atoms with Crippen LogP contribution in [0.15, 0.2) is 18.3 Å². The van der Waals surface area contributed by atoms with Gasteiger partial charge >= 0.3 is 5.97 Å². The summed E-state index contributed by atoms with van der Waals surface area (Å²) in [5.74, 6) is -1.14. The molecule has 0 saturated carbocycles. The maximum absolute atomic E-state index is 12.6. The van der Waals surface area contributed by atoms with Crippen molar-refractivity contribution < 1.29 is 19.4 Å². The quantitative estimate of drug-likeness (QED) is 0.904. The molecule has 0 radical (unpaired) electrons. The van der Waals surface area contributed by atoms with E-state index in [4.69, 9.17) is 4.74 Å². The maximum Gasteiger partial charge on any atom is 0.326 e. The molecule has 0 aromatic carbocycles. The molecule has 6 heteroatoms. The number of hydrogen-bond acceptors (Lipinski definition) is 4. The van der Waals surface area contributed by atoms with E-state index in [0.29, 0.717) is 12.1 Å². The number of methoxy groups -OCH3 is 1. The SMILES string of the molecule is COc1ncccc1C(=O)N1CCCC(C)C1C(=O)O. The van der Waals surface area contributed by atoms with Gasteiger partial charge in [0.25, 0.3) is 5.91 Å². The number of carbonyl (C=O) groups excluding carboxylic acids is 1. The van der Waals surface area contributed by atoms with Crippen LogP contribution in [0.3, 0.4) is 0 Å². The van der Waals surface area contributed by atoms with Gasteiger partial charge in [0, 0.05) is 12.7 Å². The first kappa shape index (κ1) is 14.3. The van der Waals surface area contributed by atoms with Gasteiger partial charge in [0.1, 0.15) is 11.6 Å². The van der Waals surface area contributed by atoms with Crippen molar-refractivity contribution in [3.63, 3.8) is 0 Å². The fourth-order valence-corrected chi connectivity index (χ4v) is 2.66. The Morgan fingerprint density at radius 2 is 2.25 bits per heavy atom. The predicted molar refractivity (Wildman–Crippen MR) is 71.6 cm³/mol. The monoisotopic (exact) mass is 278 g/mol. The van der Waals surface area contributed by atoms with Gasteiger partial charge in [-0.3, -0.25) is 4.79 Å². The van der Waals surface area contributed by atoms with E-state index in [0.717, 1.165) is 12.8 Å². The van der Waals surface area contributed by atoms with Crippen molar-refractivity contribution in [2.75, 3.05) is 13.7 Å². The lowest BCUT2D eigenvalue weighted by Crippen LogP contribution is -2.52.